The number of carbonyl (C=O) groups excluding carboxylic acids is 2. The van der Waals surface area contributed by atoms with Crippen LogP contribution < -0.4 is 10.2 Å². The van der Waals surface area contributed by atoms with E-state index in [4.69, 9.17) is 9.97 Å². The van der Waals surface area contributed by atoms with Crippen LogP contribution in [0.3, 0.4) is 0 Å². The van der Waals surface area contributed by atoms with Gasteiger partial charge in [0, 0.05) is 56.4 Å². The molecular formula is C21H22N6O2. The number of nitrogens with zero attached hydrogens (tertiary/aromatic N) is 5. The molecule has 0 bridgehead atoms. The van der Waals surface area contributed by atoms with E-state index in [2.05, 4.69) is 15.2 Å². The molecule has 0 radical (unpaired) electrons. The molecule has 2 aromatic heterocycles. The van der Waals surface area contributed by atoms with Crippen LogP contribution in [-0.4, -0.2) is 64.4 Å². The first-order valence-corrected chi connectivity index (χ1v) is 9.56. The van der Waals surface area contributed by atoms with Gasteiger partial charge in [0.15, 0.2) is 5.82 Å². The average Bonchev–Trinajstić information content (AvgIpc) is 2.77. The summed E-state index contributed by atoms with van der Waals surface area (Å²) < 4.78 is 0. The van der Waals surface area contributed by atoms with Crippen molar-refractivity contribution in [1.82, 2.24) is 25.2 Å². The zero-order chi connectivity index (χ0) is 20.2. The Kier molecular flexibility index (Phi) is 5.33. The zero-order valence-electron chi connectivity index (χ0n) is 16.2. The molecular weight excluding hydrogens is 368 g/mol. The lowest BCUT2D eigenvalue weighted by molar-refractivity contribution is -0.132. The first-order chi connectivity index (χ1) is 14.1. The minimum Gasteiger partial charge on any atom is -0.352 e. The fraction of sp³-hybridized carbons (Fsp3) is 0.286. The summed E-state index contributed by atoms with van der Waals surface area (Å²) in [7, 11) is 0. The van der Waals surface area contributed by atoms with Crippen LogP contribution >= 0.6 is 0 Å². The predicted octanol–water partition coefficient (Wildman–Crippen LogP) is 1.48. The minimum atomic E-state index is -0.202. The maximum Gasteiger partial charge on any atom is 0.242 e. The Morgan fingerprint density at radius 2 is 1.83 bits per heavy atom. The molecule has 1 N–H and O–H groups in total. The number of hydrogen-bond donors (Lipinski definition) is 1. The topological polar surface area (TPSA) is 91.3 Å². The summed E-state index contributed by atoms with van der Waals surface area (Å²) in [6.45, 7) is 3.94. The van der Waals surface area contributed by atoms with E-state index in [1.54, 1.807) is 17.3 Å². The second kappa shape index (κ2) is 8.22. The molecule has 0 aliphatic carbocycles. The van der Waals surface area contributed by atoms with Crippen molar-refractivity contribution >= 4 is 28.5 Å². The van der Waals surface area contributed by atoms with Crippen LogP contribution in [0.15, 0.2) is 48.8 Å². The predicted molar refractivity (Wildman–Crippen MR) is 110 cm³/mol. The number of para-hydroxylation sites is 1. The molecule has 29 heavy (non-hydrogen) atoms. The number of fused-ring (bicyclic) bond motifs is 1. The van der Waals surface area contributed by atoms with Gasteiger partial charge in [-0.15, -0.1) is 0 Å². The van der Waals surface area contributed by atoms with E-state index < -0.39 is 0 Å². The highest BCUT2D eigenvalue weighted by molar-refractivity contribution is 5.91. The molecule has 1 saturated heterocycles. The number of rotatable bonds is 4. The largest absolute Gasteiger partial charge is 0.352 e. The van der Waals surface area contributed by atoms with Crippen molar-refractivity contribution in [2.45, 2.75) is 6.92 Å². The number of pyridine rings is 1. The van der Waals surface area contributed by atoms with Crippen molar-refractivity contribution in [3.05, 3.63) is 48.8 Å². The third-order valence-corrected chi connectivity index (χ3v) is 4.92. The molecule has 8 nitrogen and oxygen atoms in total. The molecule has 1 fully saturated rings. The molecule has 1 aliphatic rings. The van der Waals surface area contributed by atoms with E-state index in [0.29, 0.717) is 32.0 Å². The van der Waals surface area contributed by atoms with Gasteiger partial charge in [0.2, 0.25) is 11.8 Å². The van der Waals surface area contributed by atoms with Gasteiger partial charge in [0.05, 0.1) is 12.1 Å². The SMILES string of the molecule is CC(=O)NCC(=O)N1CCN(c2nc(-c3cccnc3)nc3ccccc23)CC1. The Bertz CT molecular complexity index is 1030. The molecule has 0 spiro atoms. The molecule has 1 aromatic carbocycles. The number of anilines is 1. The molecule has 3 aromatic rings. The summed E-state index contributed by atoms with van der Waals surface area (Å²) in [5.41, 5.74) is 1.74. The van der Waals surface area contributed by atoms with Crippen molar-refractivity contribution in [3.8, 4) is 11.4 Å². The van der Waals surface area contributed by atoms with Gasteiger partial charge in [-0.2, -0.15) is 0 Å². The quantitative estimate of drug-likeness (QED) is 0.726. The molecule has 4 rings (SSSR count). The van der Waals surface area contributed by atoms with Gasteiger partial charge in [0.25, 0.3) is 0 Å². The summed E-state index contributed by atoms with van der Waals surface area (Å²) in [5, 5.41) is 3.55. The van der Waals surface area contributed by atoms with Crippen LogP contribution in [0.1, 0.15) is 6.92 Å². The van der Waals surface area contributed by atoms with E-state index in [1.165, 1.54) is 6.92 Å². The Hall–Kier alpha value is -3.55. The normalized spacial score (nSPS) is 14.1. The second-order valence-corrected chi connectivity index (χ2v) is 6.91. The zero-order valence-corrected chi connectivity index (χ0v) is 16.2. The smallest absolute Gasteiger partial charge is 0.242 e. The molecule has 0 saturated carbocycles. The van der Waals surface area contributed by atoms with E-state index in [-0.39, 0.29) is 18.4 Å². The van der Waals surface area contributed by atoms with Crippen LogP contribution in [0.2, 0.25) is 0 Å². The number of benzene rings is 1. The number of piperazine rings is 1. The van der Waals surface area contributed by atoms with Gasteiger partial charge in [-0.05, 0) is 24.3 Å². The molecule has 8 heteroatoms. The second-order valence-electron chi connectivity index (χ2n) is 6.91. The maximum absolute atomic E-state index is 12.3. The standard InChI is InChI=1S/C21H22N6O2/c1-15(28)23-14-19(29)26-9-11-27(12-10-26)21-17-6-2-3-7-18(17)24-20(25-21)16-5-4-8-22-13-16/h2-8,13H,9-12,14H2,1H3,(H,23,28). The fourth-order valence-corrected chi connectivity index (χ4v) is 3.40. The van der Waals surface area contributed by atoms with E-state index >= 15 is 0 Å². The number of hydrogen-bond acceptors (Lipinski definition) is 6. The number of carbonyl (C=O) groups is 2. The van der Waals surface area contributed by atoms with Gasteiger partial charge >= 0.3 is 0 Å². The van der Waals surface area contributed by atoms with Crippen LogP contribution in [0, 0.1) is 0 Å². The van der Waals surface area contributed by atoms with Gasteiger partial charge in [-0.3, -0.25) is 14.6 Å². The van der Waals surface area contributed by atoms with Gasteiger partial charge < -0.3 is 15.1 Å². The third-order valence-electron chi connectivity index (χ3n) is 4.92. The van der Waals surface area contributed by atoms with Gasteiger partial charge in [0.1, 0.15) is 5.82 Å². The number of nitrogens with one attached hydrogen (secondary N) is 1. The summed E-state index contributed by atoms with van der Waals surface area (Å²) in [6.07, 6.45) is 3.48. The fourth-order valence-electron chi connectivity index (χ4n) is 3.40. The van der Waals surface area contributed by atoms with Crippen LogP contribution in [0.25, 0.3) is 22.3 Å². The van der Waals surface area contributed by atoms with Gasteiger partial charge in [-0.25, -0.2) is 9.97 Å². The lowest BCUT2D eigenvalue weighted by Gasteiger charge is -2.36. The molecule has 0 unspecified atom stereocenters. The van der Waals surface area contributed by atoms with E-state index in [9.17, 15) is 9.59 Å². The summed E-state index contributed by atoms with van der Waals surface area (Å²) in [6, 6.07) is 11.8. The third kappa shape index (κ3) is 4.16. The van der Waals surface area contributed by atoms with Crippen LogP contribution in [0.5, 0.6) is 0 Å². The highest BCUT2D eigenvalue weighted by Crippen LogP contribution is 2.28. The van der Waals surface area contributed by atoms with E-state index in [0.717, 1.165) is 22.3 Å². The van der Waals surface area contributed by atoms with Crippen molar-refractivity contribution in [1.29, 1.82) is 0 Å². The monoisotopic (exact) mass is 390 g/mol. The Morgan fingerprint density at radius 3 is 2.55 bits per heavy atom. The Morgan fingerprint density at radius 1 is 1.03 bits per heavy atom. The highest BCUT2D eigenvalue weighted by Gasteiger charge is 2.24. The van der Waals surface area contributed by atoms with Crippen molar-refractivity contribution in [2.24, 2.45) is 0 Å². The number of aromatic nitrogens is 3. The van der Waals surface area contributed by atoms with Gasteiger partial charge in [-0.1, -0.05) is 12.1 Å². The first kappa shape index (κ1) is 18.8. The first-order valence-electron chi connectivity index (χ1n) is 9.56. The van der Waals surface area contributed by atoms with E-state index in [1.807, 2.05) is 36.4 Å². The summed E-state index contributed by atoms with van der Waals surface area (Å²) >= 11 is 0. The average molecular weight is 390 g/mol. The Balaban J connectivity index is 1.58. The number of amides is 2. The van der Waals surface area contributed by atoms with Crippen LogP contribution in [-0.2, 0) is 9.59 Å². The maximum atomic E-state index is 12.3. The van der Waals surface area contributed by atoms with Crippen molar-refractivity contribution in [3.63, 3.8) is 0 Å². The summed E-state index contributed by atoms with van der Waals surface area (Å²) in [4.78, 5) is 41.0. The molecule has 0 atom stereocenters. The highest BCUT2D eigenvalue weighted by atomic mass is 16.2. The van der Waals surface area contributed by atoms with Crippen molar-refractivity contribution < 1.29 is 9.59 Å². The lowest BCUT2D eigenvalue weighted by atomic mass is 10.2. The lowest BCUT2D eigenvalue weighted by Crippen LogP contribution is -2.51. The van der Waals surface area contributed by atoms with Crippen LogP contribution in [0.4, 0.5) is 5.82 Å². The Labute approximate surface area is 168 Å². The molecule has 148 valence electrons. The van der Waals surface area contributed by atoms with Crippen molar-refractivity contribution in [2.75, 3.05) is 37.6 Å². The molecule has 2 amide bonds. The molecule has 1 aliphatic heterocycles. The minimum absolute atomic E-state index is 0.0386. The summed E-state index contributed by atoms with van der Waals surface area (Å²) in [5.74, 6) is 1.23. The molecule has 3 heterocycles.